The number of hydrogen-bond acceptors (Lipinski definition) is 4. The largest absolute Gasteiger partial charge is 0.378 e. The maximum atomic E-state index is 12.7. The van der Waals surface area contributed by atoms with Gasteiger partial charge in [0.05, 0.1) is 18.8 Å². The summed E-state index contributed by atoms with van der Waals surface area (Å²) >= 11 is 0. The molecule has 0 aromatic carbocycles. The monoisotopic (exact) mass is 400 g/mol. The average molecular weight is 401 g/mol. The molecule has 3 amide bonds. The van der Waals surface area contributed by atoms with Crippen LogP contribution in [0.15, 0.2) is 18.5 Å². The number of pyridine rings is 1. The number of hydrogen-bond donors (Lipinski definition) is 1. The van der Waals surface area contributed by atoms with Gasteiger partial charge in [-0.15, -0.1) is 0 Å². The quantitative estimate of drug-likeness (QED) is 0.843. The van der Waals surface area contributed by atoms with Crippen LogP contribution in [0.4, 0.5) is 4.79 Å². The van der Waals surface area contributed by atoms with E-state index in [1.165, 1.54) is 19.3 Å². The minimum atomic E-state index is 0.0301. The van der Waals surface area contributed by atoms with Crippen LogP contribution in [0.25, 0.3) is 0 Å². The number of carbonyl (C=O) groups is 2. The summed E-state index contributed by atoms with van der Waals surface area (Å²) in [5.74, 6) is 0.449. The SMILES string of the molecule is O=C(NC1CCCCC1)N1CCC(Cc2cncc(C(=O)N3CCOCC3)c2)C1. The highest BCUT2D eigenvalue weighted by Crippen LogP contribution is 2.23. The number of amides is 3. The summed E-state index contributed by atoms with van der Waals surface area (Å²) in [6.07, 6.45) is 11.3. The smallest absolute Gasteiger partial charge is 0.317 e. The number of likely N-dealkylation sites (tertiary alicyclic amines) is 1. The number of rotatable bonds is 4. The Morgan fingerprint density at radius 3 is 2.62 bits per heavy atom. The second-order valence-electron chi connectivity index (χ2n) is 8.58. The summed E-state index contributed by atoms with van der Waals surface area (Å²) < 4.78 is 5.33. The third kappa shape index (κ3) is 5.26. The van der Waals surface area contributed by atoms with Crippen molar-refractivity contribution < 1.29 is 14.3 Å². The lowest BCUT2D eigenvalue weighted by atomic mass is 9.96. The highest BCUT2D eigenvalue weighted by Gasteiger charge is 2.28. The molecule has 3 aliphatic rings. The predicted octanol–water partition coefficient (Wildman–Crippen LogP) is 2.46. The Hall–Kier alpha value is -2.15. The number of nitrogens with zero attached hydrogens (tertiary/aromatic N) is 3. The summed E-state index contributed by atoms with van der Waals surface area (Å²) in [6.45, 7) is 4.05. The molecule has 1 saturated carbocycles. The standard InChI is InChI=1S/C22H32N4O3/c27-21(25-8-10-29-11-9-25)19-13-18(14-23-15-19)12-17-6-7-26(16-17)22(28)24-20-4-2-1-3-5-20/h13-15,17,20H,1-12,16H2,(H,24,28). The number of carbonyl (C=O) groups excluding carboxylic acids is 2. The Kier molecular flexibility index (Phi) is 6.64. The van der Waals surface area contributed by atoms with E-state index in [1.807, 2.05) is 22.1 Å². The lowest BCUT2D eigenvalue weighted by Gasteiger charge is -2.27. The van der Waals surface area contributed by atoms with Crippen LogP contribution in [0.5, 0.6) is 0 Å². The molecule has 7 nitrogen and oxygen atoms in total. The van der Waals surface area contributed by atoms with Crippen LogP contribution in [-0.4, -0.2) is 72.2 Å². The highest BCUT2D eigenvalue weighted by molar-refractivity contribution is 5.94. The molecule has 1 N–H and O–H groups in total. The van der Waals surface area contributed by atoms with Crippen molar-refractivity contribution in [3.63, 3.8) is 0 Å². The first-order valence-electron chi connectivity index (χ1n) is 11.1. The topological polar surface area (TPSA) is 74.8 Å². The molecule has 1 aromatic rings. The second-order valence-corrected chi connectivity index (χ2v) is 8.58. The van der Waals surface area contributed by atoms with E-state index in [2.05, 4.69) is 10.3 Å². The normalized spacial score (nSPS) is 23.2. The van der Waals surface area contributed by atoms with Crippen LogP contribution in [0.1, 0.15) is 54.4 Å². The van der Waals surface area contributed by atoms with Gasteiger partial charge in [-0.25, -0.2) is 4.79 Å². The number of aromatic nitrogens is 1. The van der Waals surface area contributed by atoms with Gasteiger partial charge < -0.3 is 19.9 Å². The van der Waals surface area contributed by atoms with E-state index in [0.717, 1.165) is 44.3 Å². The van der Waals surface area contributed by atoms with Gasteiger partial charge in [0.1, 0.15) is 0 Å². The number of morpholine rings is 1. The molecule has 29 heavy (non-hydrogen) atoms. The minimum Gasteiger partial charge on any atom is -0.378 e. The summed E-state index contributed by atoms with van der Waals surface area (Å²) in [4.78, 5) is 33.3. The third-order valence-corrected chi connectivity index (χ3v) is 6.37. The molecule has 0 bridgehead atoms. The van der Waals surface area contributed by atoms with Crippen molar-refractivity contribution >= 4 is 11.9 Å². The lowest BCUT2D eigenvalue weighted by molar-refractivity contribution is 0.0302. The summed E-state index contributed by atoms with van der Waals surface area (Å²) in [5, 5.41) is 3.22. The predicted molar refractivity (Wildman–Crippen MR) is 110 cm³/mol. The molecular weight excluding hydrogens is 368 g/mol. The van der Waals surface area contributed by atoms with Gasteiger partial charge in [-0.05, 0) is 43.2 Å². The fraction of sp³-hybridized carbons (Fsp3) is 0.682. The zero-order valence-corrected chi connectivity index (χ0v) is 17.1. The Balaban J connectivity index is 1.29. The van der Waals surface area contributed by atoms with E-state index in [-0.39, 0.29) is 11.9 Å². The third-order valence-electron chi connectivity index (χ3n) is 6.37. The van der Waals surface area contributed by atoms with Crippen molar-refractivity contribution in [1.29, 1.82) is 0 Å². The van der Waals surface area contributed by atoms with Gasteiger partial charge in [-0.3, -0.25) is 9.78 Å². The van der Waals surface area contributed by atoms with Crippen molar-refractivity contribution in [2.24, 2.45) is 5.92 Å². The molecule has 1 atom stereocenters. The molecule has 7 heteroatoms. The molecule has 1 unspecified atom stereocenters. The molecule has 1 aliphatic carbocycles. The molecule has 2 aliphatic heterocycles. The van der Waals surface area contributed by atoms with Crippen molar-refractivity contribution in [2.75, 3.05) is 39.4 Å². The second kappa shape index (κ2) is 9.57. The van der Waals surface area contributed by atoms with Crippen molar-refractivity contribution in [2.45, 2.75) is 51.0 Å². The summed E-state index contributed by atoms with van der Waals surface area (Å²) in [5.41, 5.74) is 1.72. The minimum absolute atomic E-state index is 0.0301. The van der Waals surface area contributed by atoms with E-state index in [1.54, 1.807) is 6.20 Å². The number of urea groups is 1. The molecule has 158 valence electrons. The van der Waals surface area contributed by atoms with Gasteiger partial charge in [-0.2, -0.15) is 0 Å². The van der Waals surface area contributed by atoms with Crippen molar-refractivity contribution in [3.8, 4) is 0 Å². The van der Waals surface area contributed by atoms with Crippen LogP contribution in [0.2, 0.25) is 0 Å². The fourth-order valence-electron chi connectivity index (χ4n) is 4.70. The Labute approximate surface area is 172 Å². The average Bonchev–Trinajstić information content (AvgIpc) is 3.23. The Morgan fingerprint density at radius 1 is 1.03 bits per heavy atom. The van der Waals surface area contributed by atoms with Crippen molar-refractivity contribution in [3.05, 3.63) is 29.6 Å². The highest BCUT2D eigenvalue weighted by atomic mass is 16.5. The van der Waals surface area contributed by atoms with Crippen LogP contribution < -0.4 is 5.32 Å². The summed E-state index contributed by atoms with van der Waals surface area (Å²) in [7, 11) is 0. The van der Waals surface area contributed by atoms with Crippen LogP contribution in [-0.2, 0) is 11.2 Å². The van der Waals surface area contributed by atoms with Crippen LogP contribution in [0, 0.1) is 5.92 Å². The molecule has 0 radical (unpaired) electrons. The van der Waals surface area contributed by atoms with Gasteiger partial charge in [-0.1, -0.05) is 19.3 Å². The zero-order chi connectivity index (χ0) is 20.1. The van der Waals surface area contributed by atoms with E-state index in [9.17, 15) is 9.59 Å². The fourth-order valence-corrected chi connectivity index (χ4v) is 4.70. The van der Waals surface area contributed by atoms with Gasteiger partial charge >= 0.3 is 6.03 Å². The van der Waals surface area contributed by atoms with Gasteiger partial charge in [0.2, 0.25) is 0 Å². The maximum absolute atomic E-state index is 12.7. The number of nitrogens with one attached hydrogen (secondary N) is 1. The van der Waals surface area contributed by atoms with Gasteiger partial charge in [0.15, 0.2) is 0 Å². The zero-order valence-electron chi connectivity index (χ0n) is 17.1. The van der Waals surface area contributed by atoms with E-state index in [4.69, 9.17) is 4.74 Å². The summed E-state index contributed by atoms with van der Waals surface area (Å²) in [6, 6.07) is 2.41. The van der Waals surface area contributed by atoms with Crippen molar-refractivity contribution in [1.82, 2.24) is 20.1 Å². The number of ether oxygens (including phenoxy) is 1. The molecule has 1 aromatic heterocycles. The van der Waals surface area contributed by atoms with Gasteiger partial charge in [0, 0.05) is 44.6 Å². The molecule has 4 rings (SSSR count). The molecule has 0 spiro atoms. The first kappa shape index (κ1) is 20.1. The van der Waals surface area contributed by atoms with Crippen LogP contribution >= 0.6 is 0 Å². The molecule has 2 saturated heterocycles. The maximum Gasteiger partial charge on any atom is 0.317 e. The van der Waals surface area contributed by atoms with Gasteiger partial charge in [0.25, 0.3) is 5.91 Å². The molecule has 3 fully saturated rings. The van der Waals surface area contributed by atoms with Crippen LogP contribution in [0.3, 0.4) is 0 Å². The Bertz CT molecular complexity index is 714. The molecule has 3 heterocycles. The Morgan fingerprint density at radius 2 is 1.83 bits per heavy atom. The van der Waals surface area contributed by atoms with E-state index in [0.29, 0.717) is 43.8 Å². The lowest BCUT2D eigenvalue weighted by Crippen LogP contribution is -2.44. The molecular formula is C22H32N4O3. The first-order chi connectivity index (χ1) is 14.2. The van der Waals surface area contributed by atoms with E-state index >= 15 is 0 Å². The van der Waals surface area contributed by atoms with E-state index < -0.39 is 0 Å². The first-order valence-corrected chi connectivity index (χ1v) is 11.1.